The Balaban J connectivity index is 1.69. The minimum atomic E-state index is -0.445. The molecule has 1 aliphatic heterocycles. The number of ether oxygens (including phenoxy) is 1. The van der Waals surface area contributed by atoms with Crippen molar-refractivity contribution in [3.05, 3.63) is 72.2 Å². The number of benzene rings is 2. The number of rotatable bonds is 5. The van der Waals surface area contributed by atoms with Crippen LogP contribution in [0.25, 0.3) is 6.08 Å². The average molecular weight is 496 g/mol. The molecule has 3 rings (SSSR count). The maximum absolute atomic E-state index is 11.9. The number of carbonyl (C=O) groups is 2. The van der Waals surface area contributed by atoms with E-state index in [1.54, 1.807) is 30.3 Å². The minimum Gasteiger partial charge on any atom is -0.488 e. The third-order valence-corrected chi connectivity index (χ3v) is 5.59. The lowest BCUT2D eigenvalue weighted by Gasteiger charge is -2.09. The quantitative estimate of drug-likeness (QED) is 0.263. The summed E-state index contributed by atoms with van der Waals surface area (Å²) in [5.41, 5.74) is 1.65. The Kier molecular flexibility index (Phi) is 5.80. The topological polar surface area (TPSA) is 89.8 Å². The third-order valence-electron chi connectivity index (χ3n) is 3.78. The Morgan fingerprint density at radius 2 is 1.93 bits per heavy atom. The van der Waals surface area contributed by atoms with Gasteiger partial charge in [0.25, 0.3) is 16.8 Å². The van der Waals surface area contributed by atoms with Gasteiger partial charge in [0.1, 0.15) is 12.4 Å². The largest absolute Gasteiger partial charge is 0.488 e. The van der Waals surface area contributed by atoms with Crippen LogP contribution in [0.3, 0.4) is 0 Å². The smallest absolute Gasteiger partial charge is 0.293 e. The number of nitrogens with zero attached hydrogens (tertiary/aromatic N) is 2. The summed E-state index contributed by atoms with van der Waals surface area (Å²) in [6, 6.07) is 11.6. The lowest BCUT2D eigenvalue weighted by Crippen LogP contribution is -2.22. The van der Waals surface area contributed by atoms with Crippen LogP contribution in [-0.4, -0.2) is 28.0 Å². The Morgan fingerprint density at radius 1 is 1.22 bits per heavy atom. The molecule has 1 heterocycles. The van der Waals surface area contributed by atoms with E-state index in [9.17, 15) is 19.7 Å². The summed E-state index contributed by atoms with van der Waals surface area (Å²) < 4.78 is 6.62. The molecule has 1 aliphatic rings. The average Bonchev–Trinajstić information content (AvgIpc) is 2.88. The zero-order valence-electron chi connectivity index (χ0n) is 14.0. The van der Waals surface area contributed by atoms with Crippen LogP contribution in [0.4, 0.5) is 10.5 Å². The molecular weight excluding hydrogens is 483 g/mol. The summed E-state index contributed by atoms with van der Waals surface area (Å²) in [5, 5.41) is 10.4. The first-order valence-electron chi connectivity index (χ1n) is 7.72. The van der Waals surface area contributed by atoms with E-state index in [1.165, 1.54) is 19.2 Å². The number of amides is 2. The van der Waals surface area contributed by atoms with Gasteiger partial charge in [-0.15, -0.1) is 0 Å². The molecule has 9 heteroatoms. The van der Waals surface area contributed by atoms with Gasteiger partial charge in [0.05, 0.1) is 13.4 Å². The van der Waals surface area contributed by atoms with E-state index >= 15 is 0 Å². The summed E-state index contributed by atoms with van der Waals surface area (Å²) in [6.07, 6.45) is 1.68. The van der Waals surface area contributed by atoms with Crippen molar-refractivity contribution in [3.63, 3.8) is 0 Å². The highest BCUT2D eigenvalue weighted by atomic mass is 127. The zero-order chi connectivity index (χ0) is 19.6. The van der Waals surface area contributed by atoms with Gasteiger partial charge in [-0.3, -0.25) is 24.6 Å². The first-order valence-corrected chi connectivity index (χ1v) is 9.62. The predicted molar refractivity (Wildman–Crippen MR) is 110 cm³/mol. The molecule has 138 valence electrons. The van der Waals surface area contributed by atoms with Crippen LogP contribution >= 0.6 is 34.4 Å². The van der Waals surface area contributed by atoms with Gasteiger partial charge in [0, 0.05) is 19.2 Å². The highest BCUT2D eigenvalue weighted by molar-refractivity contribution is 14.1. The van der Waals surface area contributed by atoms with Gasteiger partial charge in [-0.2, -0.15) is 0 Å². The van der Waals surface area contributed by atoms with Crippen molar-refractivity contribution in [1.82, 2.24) is 4.90 Å². The molecule has 2 amide bonds. The van der Waals surface area contributed by atoms with Gasteiger partial charge >= 0.3 is 0 Å². The van der Waals surface area contributed by atoms with Crippen LogP contribution in [-0.2, 0) is 11.4 Å². The Morgan fingerprint density at radius 3 is 2.48 bits per heavy atom. The van der Waals surface area contributed by atoms with E-state index in [-0.39, 0.29) is 23.4 Å². The first-order chi connectivity index (χ1) is 12.8. The molecule has 0 radical (unpaired) electrons. The monoisotopic (exact) mass is 496 g/mol. The van der Waals surface area contributed by atoms with Crippen molar-refractivity contribution in [2.75, 3.05) is 7.05 Å². The number of hydrogen-bond donors (Lipinski definition) is 0. The summed E-state index contributed by atoms with van der Waals surface area (Å²) in [4.78, 5) is 35.2. The summed E-state index contributed by atoms with van der Waals surface area (Å²) in [6.45, 7) is 0.280. The number of hydrogen-bond acceptors (Lipinski definition) is 6. The Hall–Kier alpha value is -2.40. The number of non-ortho nitro benzene ring substituents is 1. The zero-order valence-corrected chi connectivity index (χ0v) is 17.0. The van der Waals surface area contributed by atoms with Crippen molar-refractivity contribution < 1.29 is 19.2 Å². The van der Waals surface area contributed by atoms with Crippen LogP contribution in [0.15, 0.2) is 47.4 Å². The van der Waals surface area contributed by atoms with Crippen molar-refractivity contribution in [1.29, 1.82) is 0 Å². The maximum atomic E-state index is 11.9. The van der Waals surface area contributed by atoms with E-state index in [1.807, 2.05) is 6.07 Å². The fraction of sp³-hybridized carbons (Fsp3) is 0.111. The Bertz CT molecular complexity index is 959. The molecule has 0 unspecified atom stereocenters. The lowest BCUT2D eigenvalue weighted by atomic mass is 10.2. The highest BCUT2D eigenvalue weighted by Crippen LogP contribution is 2.32. The number of likely N-dealkylation sites (N-methyl/N-ethyl adjacent to an activating group) is 1. The number of carbonyl (C=O) groups excluding carboxylic acids is 2. The third kappa shape index (κ3) is 4.48. The molecule has 2 aromatic carbocycles. The van der Waals surface area contributed by atoms with Crippen molar-refractivity contribution in [2.24, 2.45) is 0 Å². The van der Waals surface area contributed by atoms with E-state index in [0.717, 1.165) is 31.4 Å². The lowest BCUT2D eigenvalue weighted by molar-refractivity contribution is -0.384. The fourth-order valence-corrected chi connectivity index (χ4v) is 3.82. The van der Waals surface area contributed by atoms with Crippen molar-refractivity contribution >= 4 is 57.3 Å². The van der Waals surface area contributed by atoms with Crippen LogP contribution in [0.2, 0.25) is 0 Å². The number of thioether (sulfide) groups is 1. The summed E-state index contributed by atoms with van der Waals surface area (Å²) >= 11 is 3.04. The van der Waals surface area contributed by atoms with Crippen molar-refractivity contribution in [3.8, 4) is 5.75 Å². The molecule has 0 bridgehead atoms. The fourth-order valence-electron chi connectivity index (χ4n) is 2.30. The molecule has 0 aliphatic carbocycles. The summed E-state index contributed by atoms with van der Waals surface area (Å²) in [7, 11) is 1.46. The molecule has 0 saturated carbocycles. The van der Waals surface area contributed by atoms with Gasteiger partial charge in [-0.05, 0) is 75.8 Å². The van der Waals surface area contributed by atoms with E-state index in [2.05, 4.69) is 22.6 Å². The SMILES string of the molecule is CN1C(=O)S/C(=C\c2ccc(OCc3ccc([N+](=O)[O-])cc3)c(I)c2)C1=O. The highest BCUT2D eigenvalue weighted by Gasteiger charge is 2.31. The van der Waals surface area contributed by atoms with Gasteiger partial charge in [-0.25, -0.2) is 0 Å². The van der Waals surface area contributed by atoms with Gasteiger partial charge < -0.3 is 4.74 Å². The van der Waals surface area contributed by atoms with E-state index in [4.69, 9.17) is 4.74 Å². The van der Waals surface area contributed by atoms with Crippen LogP contribution < -0.4 is 4.74 Å². The maximum Gasteiger partial charge on any atom is 0.293 e. The van der Waals surface area contributed by atoms with Crippen molar-refractivity contribution in [2.45, 2.75) is 6.61 Å². The van der Waals surface area contributed by atoms with Gasteiger partial charge in [0.15, 0.2) is 0 Å². The van der Waals surface area contributed by atoms with Gasteiger partial charge in [-0.1, -0.05) is 6.07 Å². The second-order valence-corrected chi connectivity index (χ2v) is 7.80. The standard InChI is InChI=1S/C18H13IN2O5S/c1-20-17(22)16(27-18(20)23)9-12-4-7-15(14(19)8-12)26-10-11-2-5-13(6-3-11)21(24)25/h2-9H,10H2,1H3/b16-9-. The predicted octanol–water partition coefficient (Wildman–Crippen LogP) is 4.44. The Labute approximate surface area is 172 Å². The molecule has 0 aromatic heterocycles. The number of nitro benzene ring substituents is 1. The normalized spacial score (nSPS) is 15.5. The summed E-state index contributed by atoms with van der Waals surface area (Å²) in [5.74, 6) is 0.355. The van der Waals surface area contributed by atoms with Crippen LogP contribution in [0.1, 0.15) is 11.1 Å². The number of imide groups is 1. The van der Waals surface area contributed by atoms with E-state index in [0.29, 0.717) is 10.7 Å². The van der Waals surface area contributed by atoms with Crippen LogP contribution in [0.5, 0.6) is 5.75 Å². The molecule has 2 aromatic rings. The number of nitro groups is 1. The van der Waals surface area contributed by atoms with Gasteiger partial charge in [0.2, 0.25) is 0 Å². The first kappa shape index (κ1) is 19.4. The molecule has 0 atom stereocenters. The molecule has 1 fully saturated rings. The van der Waals surface area contributed by atoms with Crippen LogP contribution in [0, 0.1) is 13.7 Å². The molecular formula is C18H13IN2O5S. The molecule has 0 spiro atoms. The number of halogens is 1. The molecule has 7 nitrogen and oxygen atoms in total. The molecule has 1 saturated heterocycles. The molecule has 0 N–H and O–H groups in total. The second kappa shape index (κ2) is 8.09. The molecule has 27 heavy (non-hydrogen) atoms. The minimum absolute atomic E-state index is 0.0363. The van der Waals surface area contributed by atoms with E-state index < -0.39 is 4.92 Å². The second-order valence-electron chi connectivity index (χ2n) is 5.64.